The quantitative estimate of drug-likeness (QED) is 0.741. The molecule has 0 spiro atoms. The molecule has 0 radical (unpaired) electrons. The summed E-state index contributed by atoms with van der Waals surface area (Å²) in [6.45, 7) is 0. The van der Waals surface area contributed by atoms with Crippen molar-refractivity contribution in [2.75, 3.05) is 37.7 Å². The molecule has 1 aromatic carbocycles. The molecular weight excluding hydrogens is 282 g/mol. The Morgan fingerprint density at radius 2 is 1.95 bits per heavy atom. The molecule has 1 unspecified atom stereocenters. The number of thioether (sulfide) groups is 1. The summed E-state index contributed by atoms with van der Waals surface area (Å²) in [5.41, 5.74) is 1.18. The standard InChI is InChI=1S/C13H21NO3S2/c1-14-13(10-18-8-9-19(3,15)16)11-4-6-12(17-2)7-5-11/h4-7,13-14H,8-10H2,1-3H3. The molecule has 19 heavy (non-hydrogen) atoms. The second-order valence-electron chi connectivity index (χ2n) is 4.32. The molecule has 0 heterocycles. The van der Waals surface area contributed by atoms with Gasteiger partial charge in [-0.2, -0.15) is 11.8 Å². The Balaban J connectivity index is 2.48. The first kappa shape index (κ1) is 16.3. The topological polar surface area (TPSA) is 55.4 Å². The van der Waals surface area contributed by atoms with E-state index in [0.717, 1.165) is 11.5 Å². The first-order chi connectivity index (χ1) is 8.96. The van der Waals surface area contributed by atoms with Crippen molar-refractivity contribution in [3.63, 3.8) is 0 Å². The number of ether oxygens (including phenoxy) is 1. The van der Waals surface area contributed by atoms with E-state index in [9.17, 15) is 8.42 Å². The van der Waals surface area contributed by atoms with Gasteiger partial charge in [-0.3, -0.25) is 0 Å². The van der Waals surface area contributed by atoms with Crippen LogP contribution < -0.4 is 10.1 Å². The van der Waals surface area contributed by atoms with Gasteiger partial charge in [-0.1, -0.05) is 12.1 Å². The van der Waals surface area contributed by atoms with Crippen molar-refractivity contribution in [2.24, 2.45) is 0 Å². The number of nitrogens with one attached hydrogen (secondary N) is 1. The van der Waals surface area contributed by atoms with Crippen LogP contribution in [0.5, 0.6) is 5.75 Å². The molecule has 108 valence electrons. The Morgan fingerprint density at radius 3 is 2.42 bits per heavy atom. The molecule has 0 fully saturated rings. The van der Waals surface area contributed by atoms with Crippen LogP contribution in [0.2, 0.25) is 0 Å². The maximum absolute atomic E-state index is 11.0. The highest BCUT2D eigenvalue weighted by Gasteiger charge is 2.10. The summed E-state index contributed by atoms with van der Waals surface area (Å²) in [5.74, 6) is 2.55. The summed E-state index contributed by atoms with van der Waals surface area (Å²) in [5, 5.41) is 3.24. The van der Waals surface area contributed by atoms with Gasteiger partial charge >= 0.3 is 0 Å². The minimum atomic E-state index is -2.86. The number of sulfone groups is 1. The summed E-state index contributed by atoms with van der Waals surface area (Å²) in [6, 6.07) is 8.13. The van der Waals surface area contributed by atoms with Crippen molar-refractivity contribution in [2.45, 2.75) is 6.04 Å². The lowest BCUT2D eigenvalue weighted by molar-refractivity contribution is 0.414. The average Bonchev–Trinajstić information content (AvgIpc) is 2.38. The van der Waals surface area contributed by atoms with Gasteiger partial charge in [0.25, 0.3) is 0 Å². The molecule has 0 aromatic heterocycles. The lowest BCUT2D eigenvalue weighted by atomic mass is 10.1. The van der Waals surface area contributed by atoms with Crippen molar-refractivity contribution >= 4 is 21.6 Å². The van der Waals surface area contributed by atoms with Crippen molar-refractivity contribution in [1.82, 2.24) is 5.32 Å². The third kappa shape index (κ3) is 6.31. The smallest absolute Gasteiger partial charge is 0.148 e. The molecule has 1 N–H and O–H groups in total. The second-order valence-corrected chi connectivity index (χ2v) is 7.73. The Labute approximate surface area is 119 Å². The van der Waals surface area contributed by atoms with Crippen LogP contribution in [-0.4, -0.2) is 46.1 Å². The van der Waals surface area contributed by atoms with Crippen LogP contribution in [-0.2, 0) is 9.84 Å². The third-order valence-corrected chi connectivity index (χ3v) is 5.02. The van der Waals surface area contributed by atoms with Crippen molar-refractivity contribution in [3.05, 3.63) is 29.8 Å². The van der Waals surface area contributed by atoms with E-state index in [4.69, 9.17) is 4.74 Å². The highest BCUT2D eigenvalue weighted by Crippen LogP contribution is 2.21. The number of benzene rings is 1. The Bertz CT molecular complexity index is 471. The molecule has 0 aliphatic rings. The van der Waals surface area contributed by atoms with E-state index >= 15 is 0 Å². The zero-order chi connectivity index (χ0) is 14.3. The fraction of sp³-hybridized carbons (Fsp3) is 0.538. The fourth-order valence-corrected chi connectivity index (χ4v) is 4.04. The van der Waals surface area contributed by atoms with Crippen LogP contribution in [0.4, 0.5) is 0 Å². The minimum absolute atomic E-state index is 0.218. The van der Waals surface area contributed by atoms with E-state index < -0.39 is 9.84 Å². The summed E-state index contributed by atoms with van der Waals surface area (Å²) in [4.78, 5) is 0. The first-order valence-electron chi connectivity index (χ1n) is 6.03. The molecule has 4 nitrogen and oxygen atoms in total. The van der Waals surface area contributed by atoms with Crippen LogP contribution in [0.15, 0.2) is 24.3 Å². The third-order valence-electron chi connectivity index (χ3n) is 2.75. The fourth-order valence-electron chi connectivity index (χ4n) is 1.59. The van der Waals surface area contributed by atoms with Gasteiger partial charge in [-0.25, -0.2) is 8.42 Å². The number of hydrogen-bond donors (Lipinski definition) is 1. The van der Waals surface area contributed by atoms with Crippen LogP contribution >= 0.6 is 11.8 Å². The van der Waals surface area contributed by atoms with Gasteiger partial charge in [0.05, 0.1) is 12.9 Å². The molecule has 1 aromatic rings. The summed E-state index contributed by atoms with van der Waals surface area (Å²) >= 11 is 1.64. The molecule has 1 rings (SSSR count). The largest absolute Gasteiger partial charge is 0.497 e. The van der Waals surface area contributed by atoms with Gasteiger partial charge < -0.3 is 10.1 Å². The van der Waals surface area contributed by atoms with Crippen molar-refractivity contribution in [3.8, 4) is 5.75 Å². The Morgan fingerprint density at radius 1 is 1.32 bits per heavy atom. The van der Waals surface area contributed by atoms with Gasteiger partial charge in [0.2, 0.25) is 0 Å². The summed E-state index contributed by atoms with van der Waals surface area (Å²) in [6.07, 6.45) is 1.27. The molecule has 0 bridgehead atoms. The lowest BCUT2D eigenvalue weighted by Crippen LogP contribution is -2.19. The van der Waals surface area contributed by atoms with E-state index in [-0.39, 0.29) is 11.8 Å². The molecule has 0 saturated heterocycles. The van der Waals surface area contributed by atoms with E-state index in [2.05, 4.69) is 5.32 Å². The summed E-state index contributed by atoms with van der Waals surface area (Å²) < 4.78 is 27.2. The number of rotatable bonds is 8. The highest BCUT2D eigenvalue weighted by molar-refractivity contribution is 8.00. The van der Waals surface area contributed by atoms with Gasteiger partial charge in [0.1, 0.15) is 15.6 Å². The zero-order valence-electron chi connectivity index (χ0n) is 11.5. The summed E-state index contributed by atoms with van der Waals surface area (Å²) in [7, 11) is 0.693. The van der Waals surface area contributed by atoms with Crippen LogP contribution in [0.3, 0.4) is 0 Å². The van der Waals surface area contributed by atoms with Crippen LogP contribution in [0.1, 0.15) is 11.6 Å². The van der Waals surface area contributed by atoms with E-state index in [1.165, 1.54) is 11.8 Å². The minimum Gasteiger partial charge on any atom is -0.497 e. The Hall–Kier alpha value is -0.720. The molecule has 0 aliphatic heterocycles. The highest BCUT2D eigenvalue weighted by atomic mass is 32.2. The SMILES string of the molecule is CNC(CSCCS(C)(=O)=O)c1ccc(OC)cc1. The molecule has 0 aliphatic carbocycles. The zero-order valence-corrected chi connectivity index (χ0v) is 13.2. The van der Waals surface area contributed by atoms with Gasteiger partial charge in [0, 0.05) is 23.8 Å². The van der Waals surface area contributed by atoms with Gasteiger partial charge in [-0.15, -0.1) is 0 Å². The maximum atomic E-state index is 11.0. The molecular formula is C13H21NO3S2. The lowest BCUT2D eigenvalue weighted by Gasteiger charge is -2.16. The maximum Gasteiger partial charge on any atom is 0.148 e. The number of methoxy groups -OCH3 is 1. The monoisotopic (exact) mass is 303 g/mol. The van der Waals surface area contributed by atoms with E-state index in [1.54, 1.807) is 18.9 Å². The van der Waals surface area contributed by atoms with Crippen LogP contribution in [0.25, 0.3) is 0 Å². The predicted molar refractivity (Wildman–Crippen MR) is 81.8 cm³/mol. The van der Waals surface area contributed by atoms with Crippen LogP contribution in [0, 0.1) is 0 Å². The van der Waals surface area contributed by atoms with Gasteiger partial charge in [0.15, 0.2) is 0 Å². The average molecular weight is 303 g/mol. The Kier molecular flexibility index (Phi) is 6.68. The van der Waals surface area contributed by atoms with Crippen molar-refractivity contribution < 1.29 is 13.2 Å². The van der Waals surface area contributed by atoms with E-state index in [1.807, 2.05) is 31.3 Å². The number of hydrogen-bond acceptors (Lipinski definition) is 5. The molecule has 1 atom stereocenters. The normalized spacial score (nSPS) is 13.2. The van der Waals surface area contributed by atoms with Gasteiger partial charge in [-0.05, 0) is 24.7 Å². The molecule has 0 saturated carbocycles. The molecule has 6 heteroatoms. The first-order valence-corrected chi connectivity index (χ1v) is 9.24. The second kappa shape index (κ2) is 7.77. The van der Waals surface area contributed by atoms with Crippen molar-refractivity contribution in [1.29, 1.82) is 0 Å². The molecule has 0 amide bonds. The predicted octanol–water partition coefficient (Wildman–Crippen LogP) is 1.73. The van der Waals surface area contributed by atoms with E-state index in [0.29, 0.717) is 5.75 Å².